The SMILES string of the molecule is CCC[CH2][Sn][CH2]CCC.OCC(O)CN1CCCC1. The molecule has 1 aliphatic rings. The normalized spacial score (nSPS) is 17.1. The summed E-state index contributed by atoms with van der Waals surface area (Å²) in [7, 11) is 0. The van der Waals surface area contributed by atoms with Gasteiger partial charge in [-0.25, -0.2) is 0 Å². The van der Waals surface area contributed by atoms with Crippen molar-refractivity contribution in [3.63, 3.8) is 0 Å². The first-order valence-electron chi connectivity index (χ1n) is 7.96. The van der Waals surface area contributed by atoms with Gasteiger partial charge in [0.05, 0.1) is 12.7 Å². The van der Waals surface area contributed by atoms with Gasteiger partial charge in [-0.15, -0.1) is 0 Å². The quantitative estimate of drug-likeness (QED) is 0.479. The average molecular weight is 378 g/mol. The molecular weight excluding hydrogens is 345 g/mol. The van der Waals surface area contributed by atoms with Gasteiger partial charge in [-0.05, 0) is 25.9 Å². The summed E-state index contributed by atoms with van der Waals surface area (Å²) in [5.74, 6) is 0. The maximum atomic E-state index is 9.03. The van der Waals surface area contributed by atoms with Crippen molar-refractivity contribution in [1.82, 2.24) is 4.90 Å². The minimum atomic E-state index is -0.543. The van der Waals surface area contributed by atoms with Crippen LogP contribution in [0.5, 0.6) is 0 Å². The van der Waals surface area contributed by atoms with Gasteiger partial charge in [0, 0.05) is 6.54 Å². The minimum Gasteiger partial charge on any atom is -0.394 e. The summed E-state index contributed by atoms with van der Waals surface area (Å²) in [4.78, 5) is 2.18. The predicted molar refractivity (Wildman–Crippen MR) is 84.0 cm³/mol. The van der Waals surface area contributed by atoms with Crippen LogP contribution in [0.3, 0.4) is 0 Å². The molecule has 0 aromatic heterocycles. The van der Waals surface area contributed by atoms with Crippen molar-refractivity contribution in [1.29, 1.82) is 0 Å². The van der Waals surface area contributed by atoms with E-state index in [-0.39, 0.29) is 27.7 Å². The topological polar surface area (TPSA) is 43.7 Å². The Morgan fingerprint density at radius 3 is 2.00 bits per heavy atom. The minimum absolute atomic E-state index is 0.115. The molecule has 19 heavy (non-hydrogen) atoms. The fourth-order valence-corrected chi connectivity index (χ4v) is 6.21. The Labute approximate surface area is 130 Å². The van der Waals surface area contributed by atoms with E-state index < -0.39 is 6.10 Å². The summed E-state index contributed by atoms with van der Waals surface area (Å²) in [6.45, 7) is 7.26. The van der Waals surface area contributed by atoms with Gasteiger partial charge >= 0.3 is 69.5 Å². The fraction of sp³-hybridized carbons (Fsp3) is 1.00. The average Bonchev–Trinajstić information content (AvgIpc) is 2.92. The van der Waals surface area contributed by atoms with E-state index >= 15 is 0 Å². The molecule has 1 fully saturated rings. The third-order valence-electron chi connectivity index (χ3n) is 3.29. The number of unbranched alkanes of at least 4 members (excludes halogenated alkanes) is 2. The number of hydrogen-bond donors (Lipinski definition) is 2. The van der Waals surface area contributed by atoms with Crippen molar-refractivity contribution in [2.75, 3.05) is 26.2 Å². The molecule has 1 heterocycles. The number of aliphatic hydroxyl groups excluding tert-OH is 2. The van der Waals surface area contributed by atoms with E-state index in [2.05, 4.69) is 18.7 Å². The number of rotatable bonds is 9. The zero-order valence-electron chi connectivity index (χ0n) is 12.9. The predicted octanol–water partition coefficient (Wildman–Crippen LogP) is 2.56. The largest absolute Gasteiger partial charge is 0.394 e. The van der Waals surface area contributed by atoms with Crippen molar-refractivity contribution in [2.24, 2.45) is 0 Å². The second-order valence-corrected chi connectivity index (χ2v) is 9.58. The summed E-state index contributed by atoms with van der Waals surface area (Å²) >= 11 is 0.149. The van der Waals surface area contributed by atoms with E-state index in [1.807, 2.05) is 0 Å². The van der Waals surface area contributed by atoms with E-state index in [4.69, 9.17) is 10.2 Å². The maximum absolute atomic E-state index is 9.03. The molecule has 2 N–H and O–H groups in total. The molecule has 0 saturated carbocycles. The number of hydrogen-bond acceptors (Lipinski definition) is 3. The molecule has 4 heteroatoms. The Bertz CT molecular complexity index is 170. The number of nitrogens with zero attached hydrogens (tertiary/aromatic N) is 1. The van der Waals surface area contributed by atoms with Crippen molar-refractivity contribution in [3.8, 4) is 0 Å². The van der Waals surface area contributed by atoms with Crippen LogP contribution in [0.4, 0.5) is 0 Å². The standard InChI is InChI=1S/C7H15NO2.2C4H9.Sn/c9-6-7(10)5-8-3-1-2-4-8;2*1-3-4-2;/h7,9-10H,1-6H2;2*1,3-4H2,2H3;. The third kappa shape index (κ3) is 13.4. The van der Waals surface area contributed by atoms with Crippen molar-refractivity contribution in [2.45, 2.75) is 67.3 Å². The summed E-state index contributed by atoms with van der Waals surface area (Å²) in [5, 5.41) is 17.5. The van der Waals surface area contributed by atoms with Crippen molar-refractivity contribution < 1.29 is 10.2 Å². The van der Waals surface area contributed by atoms with Gasteiger partial charge in [-0.3, -0.25) is 0 Å². The maximum Gasteiger partial charge on any atom is 0.0897 e. The summed E-state index contributed by atoms with van der Waals surface area (Å²) < 4.78 is 3.25. The van der Waals surface area contributed by atoms with Crippen LogP contribution in [-0.4, -0.2) is 68.6 Å². The summed E-state index contributed by atoms with van der Waals surface area (Å²) in [5.41, 5.74) is 0. The first-order valence-corrected chi connectivity index (χ1v) is 12.0. The van der Waals surface area contributed by atoms with Crippen LogP contribution in [-0.2, 0) is 0 Å². The van der Waals surface area contributed by atoms with Crippen LogP contribution in [0.25, 0.3) is 0 Å². The fourth-order valence-electron chi connectivity index (χ4n) is 2.05. The first kappa shape index (κ1) is 19.7. The van der Waals surface area contributed by atoms with Crippen molar-refractivity contribution >= 4 is 21.1 Å². The molecule has 0 amide bonds. The second kappa shape index (κ2) is 15.1. The monoisotopic (exact) mass is 379 g/mol. The van der Waals surface area contributed by atoms with Gasteiger partial charge in [0.1, 0.15) is 0 Å². The summed E-state index contributed by atoms with van der Waals surface area (Å²) in [6, 6.07) is 0. The van der Waals surface area contributed by atoms with Gasteiger partial charge < -0.3 is 15.1 Å². The van der Waals surface area contributed by atoms with Gasteiger partial charge in [0.2, 0.25) is 0 Å². The second-order valence-electron chi connectivity index (χ2n) is 5.30. The number of likely N-dealkylation sites (tertiary alicyclic amines) is 1. The smallest absolute Gasteiger partial charge is 0.0897 e. The first-order chi connectivity index (χ1) is 9.24. The molecule has 0 bridgehead atoms. The molecule has 0 aromatic rings. The Morgan fingerprint density at radius 1 is 1.05 bits per heavy atom. The van der Waals surface area contributed by atoms with Gasteiger partial charge in [0.25, 0.3) is 0 Å². The van der Waals surface area contributed by atoms with Crippen LogP contribution in [0.1, 0.15) is 52.4 Å². The van der Waals surface area contributed by atoms with Gasteiger partial charge in [-0.2, -0.15) is 0 Å². The zero-order valence-corrected chi connectivity index (χ0v) is 15.8. The molecule has 1 saturated heterocycles. The van der Waals surface area contributed by atoms with Crippen molar-refractivity contribution in [3.05, 3.63) is 0 Å². The molecule has 1 atom stereocenters. The third-order valence-corrected chi connectivity index (χ3v) is 7.33. The molecule has 1 rings (SSSR count). The molecule has 1 aliphatic heterocycles. The molecule has 0 aliphatic carbocycles. The van der Waals surface area contributed by atoms with Crippen LogP contribution in [0, 0.1) is 0 Å². The Balaban J connectivity index is 0.000000344. The molecule has 3 nitrogen and oxygen atoms in total. The van der Waals surface area contributed by atoms with E-state index in [0.717, 1.165) is 13.1 Å². The number of aliphatic hydroxyl groups is 2. The van der Waals surface area contributed by atoms with E-state index in [0.29, 0.717) is 6.54 Å². The molecule has 2 radical (unpaired) electrons. The van der Waals surface area contributed by atoms with Crippen LogP contribution < -0.4 is 0 Å². The van der Waals surface area contributed by atoms with E-state index in [1.165, 1.54) is 38.5 Å². The van der Waals surface area contributed by atoms with Crippen LogP contribution in [0.2, 0.25) is 8.87 Å². The Kier molecular flexibility index (Phi) is 15.6. The molecule has 114 valence electrons. The van der Waals surface area contributed by atoms with Crippen LogP contribution >= 0.6 is 0 Å². The van der Waals surface area contributed by atoms with Crippen LogP contribution in [0.15, 0.2) is 0 Å². The van der Waals surface area contributed by atoms with Gasteiger partial charge in [-0.1, -0.05) is 0 Å². The Hall–Kier alpha value is 0.679. The zero-order chi connectivity index (χ0) is 14.3. The molecule has 0 spiro atoms. The molecule has 1 unspecified atom stereocenters. The van der Waals surface area contributed by atoms with E-state index in [9.17, 15) is 0 Å². The van der Waals surface area contributed by atoms with Gasteiger partial charge in [0.15, 0.2) is 0 Å². The van der Waals surface area contributed by atoms with E-state index in [1.54, 1.807) is 8.87 Å². The number of β-amino-alcohol motifs (C(OH)–C–C–N with tert-alkyl or cyclic N) is 1. The summed E-state index contributed by atoms with van der Waals surface area (Å²) in [6.07, 6.45) is 7.76. The molecule has 0 aromatic carbocycles. The Morgan fingerprint density at radius 2 is 1.58 bits per heavy atom. The molecular formula is C15H33NO2Sn.